The normalized spacial score (nSPS) is 14.6. The van der Waals surface area contributed by atoms with Crippen LogP contribution >= 0.6 is 0 Å². The summed E-state index contributed by atoms with van der Waals surface area (Å²) in [7, 11) is 1.55. The highest BCUT2D eigenvalue weighted by Gasteiger charge is 2.28. The van der Waals surface area contributed by atoms with Gasteiger partial charge >= 0.3 is 0 Å². The average Bonchev–Trinajstić information content (AvgIpc) is 2.29. The predicted molar refractivity (Wildman–Crippen MR) is 60.7 cm³/mol. The van der Waals surface area contributed by atoms with Crippen molar-refractivity contribution < 1.29 is 18.6 Å². The summed E-state index contributed by atoms with van der Waals surface area (Å²) in [5.74, 6) is -1.31. The summed E-state index contributed by atoms with van der Waals surface area (Å²) in [6.07, 6.45) is 0. The van der Waals surface area contributed by atoms with Gasteiger partial charge in [-0.25, -0.2) is 8.78 Å². The lowest BCUT2D eigenvalue weighted by molar-refractivity contribution is 0.145. The molecule has 0 aliphatic rings. The first-order chi connectivity index (χ1) is 8.03. The zero-order chi connectivity index (χ0) is 12.9. The molecule has 3 nitrogen and oxygen atoms in total. The van der Waals surface area contributed by atoms with Gasteiger partial charge < -0.3 is 15.2 Å². The fourth-order valence-corrected chi connectivity index (χ4v) is 1.60. The third-order valence-electron chi connectivity index (χ3n) is 2.66. The molecule has 0 fully saturated rings. The average molecular weight is 245 g/mol. The molecule has 0 saturated carbocycles. The Hall–Kier alpha value is -1.04. The maximum Gasteiger partial charge on any atom is 0.131 e. The van der Waals surface area contributed by atoms with E-state index in [1.165, 1.54) is 12.1 Å². The molecule has 1 aromatic rings. The van der Waals surface area contributed by atoms with E-state index in [4.69, 9.17) is 4.74 Å². The van der Waals surface area contributed by atoms with Gasteiger partial charge in [-0.1, -0.05) is 6.07 Å². The van der Waals surface area contributed by atoms with Gasteiger partial charge in [0.1, 0.15) is 11.6 Å². The molecule has 0 amide bonds. The van der Waals surface area contributed by atoms with Crippen molar-refractivity contribution >= 4 is 0 Å². The molecule has 17 heavy (non-hydrogen) atoms. The van der Waals surface area contributed by atoms with Crippen molar-refractivity contribution in [1.29, 1.82) is 0 Å². The summed E-state index contributed by atoms with van der Waals surface area (Å²) < 4.78 is 31.3. The van der Waals surface area contributed by atoms with Gasteiger partial charge in [0.2, 0.25) is 0 Å². The standard InChI is InChI=1S/C12H17F2NO2/c1-12(8-16,15-5-6-17-2)10-4-3-9(13)7-11(10)14/h3-4,7,15-16H,5-6,8H2,1-2H3. The molecule has 2 N–H and O–H groups in total. The summed E-state index contributed by atoms with van der Waals surface area (Å²) in [4.78, 5) is 0. The Kier molecular flexibility index (Phi) is 4.99. The second-order valence-corrected chi connectivity index (χ2v) is 4.03. The summed E-state index contributed by atoms with van der Waals surface area (Å²) in [5, 5.41) is 12.4. The van der Waals surface area contributed by atoms with E-state index >= 15 is 0 Å². The first kappa shape index (κ1) is 14.0. The number of rotatable bonds is 6. The van der Waals surface area contributed by atoms with Crippen LogP contribution in [-0.4, -0.2) is 32.0 Å². The van der Waals surface area contributed by atoms with Gasteiger partial charge in [-0.15, -0.1) is 0 Å². The van der Waals surface area contributed by atoms with Crippen LogP contribution in [0, 0.1) is 11.6 Å². The summed E-state index contributed by atoms with van der Waals surface area (Å²) in [5.41, 5.74) is -0.714. The minimum atomic E-state index is -0.948. The van der Waals surface area contributed by atoms with Gasteiger partial charge in [0.25, 0.3) is 0 Å². The molecule has 1 atom stereocenters. The van der Waals surface area contributed by atoms with E-state index in [2.05, 4.69) is 5.32 Å². The quantitative estimate of drug-likeness (QED) is 0.745. The van der Waals surface area contributed by atoms with E-state index in [9.17, 15) is 13.9 Å². The molecule has 1 aromatic carbocycles. The molecular formula is C12H17F2NO2. The predicted octanol–water partition coefficient (Wildman–Crippen LogP) is 1.41. The van der Waals surface area contributed by atoms with Crippen LogP contribution < -0.4 is 5.32 Å². The van der Waals surface area contributed by atoms with E-state index < -0.39 is 17.2 Å². The third-order valence-corrected chi connectivity index (χ3v) is 2.66. The number of hydrogen-bond acceptors (Lipinski definition) is 3. The number of methoxy groups -OCH3 is 1. The Balaban J connectivity index is 2.90. The van der Waals surface area contributed by atoms with E-state index in [1.807, 2.05) is 0 Å². The van der Waals surface area contributed by atoms with Crippen molar-refractivity contribution in [2.75, 3.05) is 26.9 Å². The molecular weight excluding hydrogens is 228 g/mol. The first-order valence-electron chi connectivity index (χ1n) is 5.34. The highest BCUT2D eigenvalue weighted by molar-refractivity contribution is 5.26. The number of nitrogens with one attached hydrogen (secondary N) is 1. The Bertz CT molecular complexity index is 374. The lowest BCUT2D eigenvalue weighted by atomic mass is 9.92. The fourth-order valence-electron chi connectivity index (χ4n) is 1.60. The smallest absolute Gasteiger partial charge is 0.131 e. The highest BCUT2D eigenvalue weighted by atomic mass is 19.1. The van der Waals surface area contributed by atoms with Crippen molar-refractivity contribution in [2.24, 2.45) is 0 Å². The minimum Gasteiger partial charge on any atom is -0.394 e. The molecule has 0 heterocycles. The second kappa shape index (κ2) is 6.05. The lowest BCUT2D eigenvalue weighted by Crippen LogP contribution is -2.45. The monoisotopic (exact) mass is 245 g/mol. The van der Waals surface area contributed by atoms with E-state index in [-0.39, 0.29) is 12.2 Å². The van der Waals surface area contributed by atoms with Crippen molar-refractivity contribution in [2.45, 2.75) is 12.5 Å². The van der Waals surface area contributed by atoms with Crippen LogP contribution in [0.2, 0.25) is 0 Å². The molecule has 0 aliphatic heterocycles. The summed E-state index contributed by atoms with van der Waals surface area (Å²) in [6.45, 7) is 2.26. The van der Waals surface area contributed by atoms with Crippen LogP contribution in [0.15, 0.2) is 18.2 Å². The molecule has 0 bridgehead atoms. The van der Waals surface area contributed by atoms with Crippen molar-refractivity contribution in [1.82, 2.24) is 5.32 Å². The molecule has 0 spiro atoms. The largest absolute Gasteiger partial charge is 0.394 e. The van der Waals surface area contributed by atoms with E-state index in [0.29, 0.717) is 13.2 Å². The number of hydrogen-bond donors (Lipinski definition) is 2. The number of aliphatic hydroxyl groups is 1. The van der Waals surface area contributed by atoms with Crippen LogP contribution in [0.1, 0.15) is 12.5 Å². The zero-order valence-corrected chi connectivity index (χ0v) is 9.96. The molecule has 0 aromatic heterocycles. The molecule has 0 saturated heterocycles. The van der Waals surface area contributed by atoms with Crippen LogP contribution in [0.5, 0.6) is 0 Å². The Morgan fingerprint density at radius 2 is 2.12 bits per heavy atom. The molecule has 5 heteroatoms. The topological polar surface area (TPSA) is 41.5 Å². The summed E-state index contributed by atoms with van der Waals surface area (Å²) >= 11 is 0. The molecule has 0 aliphatic carbocycles. The van der Waals surface area contributed by atoms with Gasteiger partial charge in [0.15, 0.2) is 0 Å². The van der Waals surface area contributed by atoms with E-state index in [0.717, 1.165) is 6.07 Å². The third kappa shape index (κ3) is 3.46. The molecule has 0 radical (unpaired) electrons. The van der Waals surface area contributed by atoms with Gasteiger partial charge in [0, 0.05) is 25.3 Å². The number of aliphatic hydroxyl groups excluding tert-OH is 1. The van der Waals surface area contributed by atoms with Gasteiger partial charge in [-0.3, -0.25) is 0 Å². The van der Waals surface area contributed by atoms with Crippen LogP contribution in [0.3, 0.4) is 0 Å². The Morgan fingerprint density at radius 3 is 2.65 bits per heavy atom. The first-order valence-corrected chi connectivity index (χ1v) is 5.34. The zero-order valence-electron chi connectivity index (χ0n) is 9.96. The molecule has 1 rings (SSSR count). The van der Waals surface area contributed by atoms with Crippen LogP contribution in [0.4, 0.5) is 8.78 Å². The maximum atomic E-state index is 13.6. The van der Waals surface area contributed by atoms with Crippen molar-refractivity contribution in [3.63, 3.8) is 0 Å². The van der Waals surface area contributed by atoms with Crippen LogP contribution in [0.25, 0.3) is 0 Å². The van der Waals surface area contributed by atoms with Crippen molar-refractivity contribution in [3.05, 3.63) is 35.4 Å². The minimum absolute atomic E-state index is 0.234. The fraction of sp³-hybridized carbons (Fsp3) is 0.500. The van der Waals surface area contributed by atoms with Gasteiger partial charge in [-0.05, 0) is 13.0 Å². The Labute approximate surface area is 99.4 Å². The number of ether oxygens (including phenoxy) is 1. The SMILES string of the molecule is COCCNC(C)(CO)c1ccc(F)cc1F. The highest BCUT2D eigenvalue weighted by Crippen LogP contribution is 2.23. The molecule has 1 unspecified atom stereocenters. The number of halogens is 2. The van der Waals surface area contributed by atoms with Gasteiger partial charge in [0.05, 0.1) is 18.8 Å². The maximum absolute atomic E-state index is 13.6. The van der Waals surface area contributed by atoms with Crippen LogP contribution in [-0.2, 0) is 10.3 Å². The van der Waals surface area contributed by atoms with E-state index in [1.54, 1.807) is 14.0 Å². The second-order valence-electron chi connectivity index (χ2n) is 4.03. The summed E-state index contributed by atoms with van der Waals surface area (Å²) in [6, 6.07) is 3.31. The lowest BCUT2D eigenvalue weighted by Gasteiger charge is -2.29. The molecule has 96 valence electrons. The van der Waals surface area contributed by atoms with Crippen molar-refractivity contribution in [3.8, 4) is 0 Å². The van der Waals surface area contributed by atoms with Gasteiger partial charge in [-0.2, -0.15) is 0 Å². The Morgan fingerprint density at radius 1 is 1.41 bits per heavy atom. The number of benzene rings is 1.